The zero-order valence-corrected chi connectivity index (χ0v) is 11.5. The zero-order chi connectivity index (χ0) is 13.5. The van der Waals surface area contributed by atoms with Gasteiger partial charge in [0.15, 0.2) is 0 Å². The van der Waals surface area contributed by atoms with Crippen LogP contribution < -0.4 is 0 Å². The van der Waals surface area contributed by atoms with Gasteiger partial charge in [-0.2, -0.15) is 0 Å². The summed E-state index contributed by atoms with van der Waals surface area (Å²) >= 11 is 11.2. The minimum absolute atomic E-state index is 0.150. The summed E-state index contributed by atoms with van der Waals surface area (Å²) in [5, 5.41) is -0.156. The average Bonchev–Trinajstić information content (AvgIpc) is 2.37. The van der Waals surface area contributed by atoms with Crippen LogP contribution in [0.3, 0.4) is 0 Å². The fourth-order valence-electron chi connectivity index (χ4n) is 1.33. The highest BCUT2D eigenvalue weighted by atomic mass is 35.5. The molecule has 0 spiro atoms. The molecule has 0 heterocycles. The van der Waals surface area contributed by atoms with Crippen LogP contribution in [0, 0.1) is 5.82 Å². The fourth-order valence-corrected chi connectivity index (χ4v) is 1.65. The molecule has 3 nitrogen and oxygen atoms in total. The highest BCUT2D eigenvalue weighted by Gasteiger charge is 2.16. The van der Waals surface area contributed by atoms with Crippen molar-refractivity contribution in [2.24, 2.45) is 0 Å². The molecule has 1 amide bonds. The summed E-state index contributed by atoms with van der Waals surface area (Å²) in [4.78, 5) is 13.4. The lowest BCUT2D eigenvalue weighted by molar-refractivity contribution is 0.0711. The van der Waals surface area contributed by atoms with E-state index in [2.05, 4.69) is 0 Å². The van der Waals surface area contributed by atoms with Crippen LogP contribution in [0.25, 0.3) is 0 Å². The molecule has 0 saturated carbocycles. The molecule has 0 aliphatic heterocycles. The molecule has 0 bridgehead atoms. The molecule has 0 atom stereocenters. The standard InChI is InChI=1S/C12H14Cl2FNO2/c1-16(6-8-18-7-5-13)12(17)9-3-2-4-10(15)11(9)14/h2-4H,5-8H2,1H3. The first-order valence-corrected chi connectivity index (χ1v) is 6.32. The van der Waals surface area contributed by atoms with Crippen molar-refractivity contribution < 1.29 is 13.9 Å². The molecule has 0 unspecified atom stereocenters. The van der Waals surface area contributed by atoms with Crippen molar-refractivity contribution in [2.45, 2.75) is 0 Å². The van der Waals surface area contributed by atoms with Gasteiger partial charge in [-0.05, 0) is 12.1 Å². The maximum Gasteiger partial charge on any atom is 0.255 e. The summed E-state index contributed by atoms with van der Waals surface area (Å²) in [5.41, 5.74) is 0.150. The third kappa shape index (κ3) is 4.12. The number of hydrogen-bond acceptors (Lipinski definition) is 2. The predicted molar refractivity (Wildman–Crippen MR) is 69.9 cm³/mol. The number of alkyl halides is 1. The number of nitrogens with zero attached hydrogens (tertiary/aromatic N) is 1. The van der Waals surface area contributed by atoms with Crippen molar-refractivity contribution in [3.05, 3.63) is 34.6 Å². The number of amides is 1. The molecule has 1 aromatic carbocycles. The van der Waals surface area contributed by atoms with E-state index in [1.807, 2.05) is 0 Å². The van der Waals surface area contributed by atoms with Crippen LogP contribution in [0.1, 0.15) is 10.4 Å². The van der Waals surface area contributed by atoms with Crippen LogP contribution >= 0.6 is 23.2 Å². The van der Waals surface area contributed by atoms with E-state index in [0.29, 0.717) is 25.6 Å². The molecular formula is C12H14Cl2FNO2. The van der Waals surface area contributed by atoms with E-state index < -0.39 is 5.82 Å². The van der Waals surface area contributed by atoms with Crippen LogP contribution in [-0.4, -0.2) is 43.5 Å². The summed E-state index contributed by atoms with van der Waals surface area (Å²) in [6, 6.07) is 4.15. The molecule has 18 heavy (non-hydrogen) atoms. The van der Waals surface area contributed by atoms with Crippen molar-refractivity contribution in [3.8, 4) is 0 Å². The summed E-state index contributed by atoms with van der Waals surface area (Å²) in [7, 11) is 1.60. The number of ether oxygens (including phenoxy) is 1. The molecule has 0 fully saturated rings. The second-order valence-electron chi connectivity index (χ2n) is 3.63. The van der Waals surface area contributed by atoms with Gasteiger partial charge in [-0.1, -0.05) is 17.7 Å². The minimum Gasteiger partial charge on any atom is -0.378 e. The number of rotatable bonds is 6. The van der Waals surface area contributed by atoms with E-state index in [1.165, 1.54) is 23.1 Å². The van der Waals surface area contributed by atoms with E-state index in [9.17, 15) is 9.18 Å². The maximum absolute atomic E-state index is 13.2. The normalized spacial score (nSPS) is 10.4. The smallest absolute Gasteiger partial charge is 0.255 e. The Morgan fingerprint density at radius 2 is 2.17 bits per heavy atom. The Morgan fingerprint density at radius 1 is 1.44 bits per heavy atom. The quantitative estimate of drug-likeness (QED) is 0.596. The van der Waals surface area contributed by atoms with Gasteiger partial charge in [0.2, 0.25) is 0 Å². The molecule has 0 aromatic heterocycles. The third-order valence-electron chi connectivity index (χ3n) is 2.32. The number of carbonyl (C=O) groups is 1. The summed E-state index contributed by atoms with van der Waals surface area (Å²) < 4.78 is 18.4. The minimum atomic E-state index is -0.602. The predicted octanol–water partition coefficient (Wildman–Crippen LogP) is 2.81. The first-order chi connectivity index (χ1) is 8.57. The Hall–Kier alpha value is -0.840. The first-order valence-electron chi connectivity index (χ1n) is 5.41. The van der Waals surface area contributed by atoms with Crippen molar-refractivity contribution >= 4 is 29.1 Å². The molecule has 0 radical (unpaired) electrons. The Kier molecular flexibility index (Phi) is 6.39. The highest BCUT2D eigenvalue weighted by molar-refractivity contribution is 6.33. The van der Waals surface area contributed by atoms with Crippen molar-refractivity contribution in [1.29, 1.82) is 0 Å². The zero-order valence-electron chi connectivity index (χ0n) is 9.96. The van der Waals surface area contributed by atoms with Crippen molar-refractivity contribution in [3.63, 3.8) is 0 Å². The Balaban J connectivity index is 2.60. The lowest BCUT2D eigenvalue weighted by atomic mass is 10.2. The molecule has 1 aromatic rings. The largest absolute Gasteiger partial charge is 0.378 e. The first kappa shape index (κ1) is 15.2. The van der Waals surface area contributed by atoms with Crippen LogP contribution in [0.15, 0.2) is 18.2 Å². The van der Waals surface area contributed by atoms with E-state index in [4.69, 9.17) is 27.9 Å². The van der Waals surface area contributed by atoms with Gasteiger partial charge in [0, 0.05) is 19.5 Å². The number of benzene rings is 1. The molecule has 0 aliphatic carbocycles. The summed E-state index contributed by atoms with van der Waals surface area (Å²) in [5.74, 6) is -0.531. The molecule has 6 heteroatoms. The number of likely N-dealkylation sites (N-methyl/N-ethyl adjacent to an activating group) is 1. The molecule has 0 aliphatic rings. The maximum atomic E-state index is 13.2. The fraction of sp³-hybridized carbons (Fsp3) is 0.417. The number of hydrogen-bond donors (Lipinski definition) is 0. The molecule has 100 valence electrons. The molecule has 0 saturated heterocycles. The Morgan fingerprint density at radius 3 is 2.83 bits per heavy atom. The van der Waals surface area contributed by atoms with Gasteiger partial charge in [0.1, 0.15) is 5.82 Å². The molecule has 0 N–H and O–H groups in total. The van der Waals surface area contributed by atoms with Crippen LogP contribution in [-0.2, 0) is 4.74 Å². The third-order valence-corrected chi connectivity index (χ3v) is 2.86. The number of halogens is 3. The van der Waals surface area contributed by atoms with Gasteiger partial charge in [0.25, 0.3) is 5.91 Å². The second-order valence-corrected chi connectivity index (χ2v) is 4.39. The highest BCUT2D eigenvalue weighted by Crippen LogP contribution is 2.20. The van der Waals surface area contributed by atoms with E-state index >= 15 is 0 Å². The summed E-state index contributed by atoms with van der Waals surface area (Å²) in [6.45, 7) is 1.20. The van der Waals surface area contributed by atoms with Gasteiger partial charge < -0.3 is 9.64 Å². The Labute approximate surface area is 115 Å². The van der Waals surface area contributed by atoms with E-state index in [-0.39, 0.29) is 16.5 Å². The van der Waals surface area contributed by atoms with Gasteiger partial charge in [0.05, 0.1) is 23.8 Å². The van der Waals surface area contributed by atoms with Gasteiger partial charge in [-0.25, -0.2) is 4.39 Å². The van der Waals surface area contributed by atoms with Crippen molar-refractivity contribution in [2.75, 3.05) is 32.7 Å². The van der Waals surface area contributed by atoms with E-state index in [1.54, 1.807) is 7.05 Å². The molecule has 1 rings (SSSR count). The van der Waals surface area contributed by atoms with Gasteiger partial charge in [-0.15, -0.1) is 11.6 Å². The van der Waals surface area contributed by atoms with Crippen LogP contribution in [0.2, 0.25) is 5.02 Å². The summed E-state index contributed by atoms with van der Waals surface area (Å²) in [6.07, 6.45) is 0. The van der Waals surface area contributed by atoms with Gasteiger partial charge in [-0.3, -0.25) is 4.79 Å². The van der Waals surface area contributed by atoms with Crippen molar-refractivity contribution in [1.82, 2.24) is 4.90 Å². The van der Waals surface area contributed by atoms with Crippen LogP contribution in [0.5, 0.6) is 0 Å². The SMILES string of the molecule is CN(CCOCCCl)C(=O)c1cccc(F)c1Cl. The molecular weight excluding hydrogens is 280 g/mol. The lowest BCUT2D eigenvalue weighted by Gasteiger charge is -2.17. The lowest BCUT2D eigenvalue weighted by Crippen LogP contribution is -2.30. The van der Waals surface area contributed by atoms with Crippen LogP contribution in [0.4, 0.5) is 4.39 Å². The van der Waals surface area contributed by atoms with Gasteiger partial charge >= 0.3 is 0 Å². The average molecular weight is 294 g/mol. The Bertz CT molecular complexity index is 415. The monoisotopic (exact) mass is 293 g/mol. The topological polar surface area (TPSA) is 29.5 Å². The number of carbonyl (C=O) groups excluding carboxylic acids is 1. The second kappa shape index (κ2) is 7.56. The van der Waals surface area contributed by atoms with E-state index in [0.717, 1.165) is 0 Å².